The lowest BCUT2D eigenvalue weighted by Crippen LogP contribution is -2.45. The molecular formula is C8H25B9. The van der Waals surface area contributed by atoms with Crippen LogP contribution < -0.4 is 0 Å². The van der Waals surface area contributed by atoms with Crippen LogP contribution in [0, 0.1) is 0 Å². The molecule has 0 N–H and O–H groups in total. The Hall–Kier alpha value is 0.584. The van der Waals surface area contributed by atoms with Crippen molar-refractivity contribution in [3.63, 3.8) is 0 Å². The van der Waals surface area contributed by atoms with E-state index in [4.69, 9.17) is 0 Å². The zero-order valence-electron chi connectivity index (χ0n) is 14.1. The number of hydrogen-bond donors (Lipinski definition) is 0. The van der Waals surface area contributed by atoms with E-state index in [1.165, 1.54) is 0 Å². The molecule has 0 aromatic rings. The second-order valence-corrected chi connectivity index (χ2v) is 9.17. The van der Waals surface area contributed by atoms with Crippen LogP contribution in [0.15, 0.2) is 0 Å². The standard InChI is InChI=1S/C8H25B9/c1-4(10)6(13,14)3(9)7(15,16)8(4,17)5(2,11)12/h3H,9-17H2,1-2H3. The molecule has 84 valence electrons. The topological polar surface area (TPSA) is 0 Å². The Morgan fingerprint density at radius 1 is 0.882 bits per heavy atom. The van der Waals surface area contributed by atoms with E-state index in [-0.39, 0.29) is 0 Å². The average molecular weight is 219 g/mol. The molecule has 0 bridgehead atoms. The van der Waals surface area contributed by atoms with Crippen LogP contribution in [-0.2, 0) is 0 Å². The zero-order chi connectivity index (χ0) is 14.1. The minimum atomic E-state index is 0.321. The van der Waals surface area contributed by atoms with E-state index in [0.717, 1.165) is 5.82 Å². The van der Waals surface area contributed by atoms with Crippen LogP contribution in [-0.4, -0.2) is 70.6 Å². The van der Waals surface area contributed by atoms with Gasteiger partial charge in [0.05, 0.1) is 47.1 Å². The lowest BCUT2D eigenvalue weighted by Gasteiger charge is -2.60. The molecule has 0 spiro atoms. The van der Waals surface area contributed by atoms with Crippen LogP contribution in [0.2, 0.25) is 32.1 Å². The van der Waals surface area contributed by atoms with Crippen molar-refractivity contribution in [2.45, 2.75) is 45.9 Å². The highest BCUT2D eigenvalue weighted by Crippen LogP contribution is 2.87. The summed E-state index contributed by atoms with van der Waals surface area (Å²) in [4.78, 5) is 0. The third-order valence-corrected chi connectivity index (χ3v) is 7.81. The summed E-state index contributed by atoms with van der Waals surface area (Å²) in [5.41, 5.74) is 0. The summed E-state index contributed by atoms with van der Waals surface area (Å²) in [6.07, 6.45) is 0. The second kappa shape index (κ2) is 3.57. The van der Waals surface area contributed by atoms with Gasteiger partial charge >= 0.3 is 0 Å². The normalized spacial score (nSPS) is 44.5. The Morgan fingerprint density at radius 2 is 1.24 bits per heavy atom. The SMILES string of the molecule is BC1C(B)(B)C(B)(C)C(B)(C(B)(B)C)C1(B)B. The first kappa shape index (κ1) is 15.6. The highest BCUT2D eigenvalue weighted by molar-refractivity contribution is 6.62. The van der Waals surface area contributed by atoms with Gasteiger partial charge in [0, 0.05) is 0 Å². The van der Waals surface area contributed by atoms with E-state index in [1.54, 1.807) is 0 Å². The molecule has 17 heavy (non-hydrogen) atoms. The Bertz CT molecular complexity index is 328. The van der Waals surface area contributed by atoms with Gasteiger partial charge in [-0.1, -0.05) is 45.9 Å². The van der Waals surface area contributed by atoms with Crippen molar-refractivity contribution < 1.29 is 0 Å². The highest BCUT2D eigenvalue weighted by atomic mass is 14.6. The molecule has 0 aliphatic heterocycles. The van der Waals surface area contributed by atoms with Crippen LogP contribution in [0.4, 0.5) is 0 Å². The minimum absolute atomic E-state index is 0.321. The third kappa shape index (κ3) is 1.49. The van der Waals surface area contributed by atoms with Gasteiger partial charge in [-0.25, -0.2) is 0 Å². The summed E-state index contributed by atoms with van der Waals surface area (Å²) in [6, 6.07) is 0. The summed E-state index contributed by atoms with van der Waals surface area (Å²) in [5.74, 6) is 0.731. The quantitative estimate of drug-likeness (QED) is 0.385. The lowest BCUT2D eigenvalue weighted by atomic mass is 9.17. The molecule has 0 nitrogen and oxygen atoms in total. The molecule has 3 atom stereocenters. The van der Waals surface area contributed by atoms with E-state index >= 15 is 0 Å². The van der Waals surface area contributed by atoms with Crippen molar-refractivity contribution in [1.82, 2.24) is 0 Å². The van der Waals surface area contributed by atoms with Gasteiger partial charge < -0.3 is 0 Å². The van der Waals surface area contributed by atoms with Gasteiger partial charge in [0.15, 0.2) is 0 Å². The van der Waals surface area contributed by atoms with Gasteiger partial charge in [-0.15, -0.1) is 0 Å². The maximum absolute atomic E-state index is 2.53. The van der Waals surface area contributed by atoms with Crippen LogP contribution in [0.5, 0.6) is 0 Å². The molecule has 0 amide bonds. The predicted molar refractivity (Wildman–Crippen MR) is 105 cm³/mol. The van der Waals surface area contributed by atoms with E-state index < -0.39 is 0 Å². The first-order valence-electron chi connectivity index (χ1n) is 7.15. The Labute approximate surface area is 117 Å². The fraction of sp³-hybridized carbons (Fsp3) is 1.00. The zero-order valence-corrected chi connectivity index (χ0v) is 14.1. The Morgan fingerprint density at radius 3 is 1.35 bits per heavy atom. The molecule has 1 fully saturated rings. The van der Waals surface area contributed by atoms with Crippen molar-refractivity contribution >= 4 is 70.6 Å². The smallest absolute Gasteiger partial charge is 0.0918 e. The van der Waals surface area contributed by atoms with E-state index in [2.05, 4.69) is 84.5 Å². The predicted octanol–water partition coefficient (Wildman–Crippen LogP) is -5.81. The van der Waals surface area contributed by atoms with Crippen LogP contribution in [0.25, 0.3) is 0 Å². The van der Waals surface area contributed by atoms with E-state index in [1.807, 2.05) is 0 Å². The molecular weight excluding hydrogens is 193 g/mol. The summed E-state index contributed by atoms with van der Waals surface area (Å²) >= 11 is 0. The van der Waals surface area contributed by atoms with E-state index in [0.29, 0.717) is 26.3 Å². The summed E-state index contributed by atoms with van der Waals surface area (Å²) in [7, 11) is 22.2. The molecule has 1 rings (SSSR count). The molecule has 1 saturated carbocycles. The first-order chi connectivity index (χ1) is 7.15. The Kier molecular flexibility index (Phi) is 3.29. The van der Waals surface area contributed by atoms with Gasteiger partial charge in [0.25, 0.3) is 0 Å². The molecule has 0 saturated heterocycles. The molecule has 0 aromatic carbocycles. The van der Waals surface area contributed by atoms with Crippen LogP contribution in [0.1, 0.15) is 13.8 Å². The van der Waals surface area contributed by atoms with Crippen molar-refractivity contribution in [3.05, 3.63) is 0 Å². The van der Waals surface area contributed by atoms with E-state index in [9.17, 15) is 0 Å². The monoisotopic (exact) mass is 220 g/mol. The summed E-state index contributed by atoms with van der Waals surface area (Å²) in [6.45, 7) is 4.91. The molecule has 3 unspecified atom stereocenters. The van der Waals surface area contributed by atoms with Gasteiger partial charge in [-0.2, -0.15) is 0 Å². The molecule has 0 heterocycles. The maximum atomic E-state index is 2.53. The van der Waals surface area contributed by atoms with Gasteiger partial charge in [0.2, 0.25) is 0 Å². The summed E-state index contributed by atoms with van der Waals surface area (Å²) < 4.78 is 0. The average Bonchev–Trinajstić information content (AvgIpc) is 2.17. The van der Waals surface area contributed by atoms with Crippen molar-refractivity contribution in [2.75, 3.05) is 0 Å². The largest absolute Gasteiger partial charge is 0.107 e. The number of rotatable bonds is 1. The molecule has 0 radical (unpaired) electrons. The minimum Gasteiger partial charge on any atom is -0.0918 e. The van der Waals surface area contributed by atoms with Gasteiger partial charge in [-0.05, 0) is 0 Å². The van der Waals surface area contributed by atoms with Crippen molar-refractivity contribution in [2.24, 2.45) is 0 Å². The fourth-order valence-corrected chi connectivity index (χ4v) is 5.23. The van der Waals surface area contributed by atoms with Gasteiger partial charge in [-0.3, -0.25) is 0 Å². The first-order valence-corrected chi connectivity index (χ1v) is 7.15. The highest BCUT2D eigenvalue weighted by Gasteiger charge is 2.69. The maximum Gasteiger partial charge on any atom is 0.107 e. The molecule has 1 aliphatic rings. The summed E-state index contributed by atoms with van der Waals surface area (Å²) in [5, 5.41) is 1.72. The van der Waals surface area contributed by atoms with Crippen LogP contribution >= 0.6 is 0 Å². The van der Waals surface area contributed by atoms with Crippen molar-refractivity contribution in [3.8, 4) is 0 Å². The lowest BCUT2D eigenvalue weighted by molar-refractivity contribution is 0.398. The third-order valence-electron chi connectivity index (χ3n) is 7.81. The number of hydrogen-bond acceptors (Lipinski definition) is 0. The van der Waals surface area contributed by atoms with Gasteiger partial charge in [0.1, 0.15) is 23.5 Å². The molecule has 0 aromatic heterocycles. The van der Waals surface area contributed by atoms with Crippen LogP contribution in [0.3, 0.4) is 0 Å². The van der Waals surface area contributed by atoms with Crippen molar-refractivity contribution in [1.29, 1.82) is 0 Å². The second-order valence-electron chi connectivity index (χ2n) is 9.17. The Balaban J connectivity index is 3.60. The molecule has 9 heteroatoms. The fourth-order valence-electron chi connectivity index (χ4n) is 5.23. The molecule has 1 aliphatic carbocycles.